The molecule has 1 N–H and O–H groups in total. The molecule has 108 valence electrons. The summed E-state index contributed by atoms with van der Waals surface area (Å²) in [7, 11) is -3.50. The van der Waals surface area contributed by atoms with Gasteiger partial charge in [-0.1, -0.05) is 15.9 Å². The molecule has 0 spiro atoms. The van der Waals surface area contributed by atoms with E-state index in [1.807, 2.05) is 27.7 Å². The maximum atomic E-state index is 12.2. The second kappa shape index (κ2) is 6.35. The van der Waals surface area contributed by atoms with Crippen molar-refractivity contribution >= 4 is 26.0 Å². The Bertz CT molecular complexity index is 541. The lowest BCUT2D eigenvalue weighted by molar-refractivity contribution is -0.00515. The van der Waals surface area contributed by atoms with E-state index in [0.717, 1.165) is 10.0 Å². The van der Waals surface area contributed by atoms with Crippen LogP contribution >= 0.6 is 15.9 Å². The van der Waals surface area contributed by atoms with Gasteiger partial charge in [0.05, 0.1) is 10.5 Å². The van der Waals surface area contributed by atoms with Crippen LogP contribution in [0.15, 0.2) is 27.6 Å². The van der Waals surface area contributed by atoms with Gasteiger partial charge < -0.3 is 4.74 Å². The highest BCUT2D eigenvalue weighted by atomic mass is 79.9. The van der Waals surface area contributed by atoms with Crippen LogP contribution in [0.4, 0.5) is 0 Å². The number of ether oxygens (including phenoxy) is 1. The monoisotopic (exact) mass is 349 g/mol. The van der Waals surface area contributed by atoms with E-state index in [9.17, 15) is 8.42 Å². The number of nitrogens with one attached hydrogen (secondary N) is 1. The molecule has 0 aliphatic rings. The van der Waals surface area contributed by atoms with E-state index in [2.05, 4.69) is 20.7 Å². The van der Waals surface area contributed by atoms with Crippen molar-refractivity contribution in [1.82, 2.24) is 4.72 Å². The van der Waals surface area contributed by atoms with E-state index < -0.39 is 15.6 Å². The predicted octanol–water partition coefficient (Wildman–Crippen LogP) is 2.85. The van der Waals surface area contributed by atoms with Gasteiger partial charge in [0.2, 0.25) is 10.0 Å². The van der Waals surface area contributed by atoms with Gasteiger partial charge in [-0.15, -0.1) is 0 Å². The first-order valence-corrected chi connectivity index (χ1v) is 8.35. The van der Waals surface area contributed by atoms with Crippen LogP contribution in [0.5, 0.6) is 0 Å². The summed E-state index contributed by atoms with van der Waals surface area (Å²) in [4.78, 5) is 0.264. The van der Waals surface area contributed by atoms with Crippen LogP contribution in [-0.4, -0.2) is 27.2 Å². The van der Waals surface area contributed by atoms with Gasteiger partial charge >= 0.3 is 0 Å². The molecule has 19 heavy (non-hydrogen) atoms. The summed E-state index contributed by atoms with van der Waals surface area (Å²) >= 11 is 3.35. The SMILES string of the molecule is CCOC(C)(C)CNS(=O)(=O)c1ccc(Br)c(C)c1. The fourth-order valence-electron chi connectivity index (χ4n) is 1.58. The van der Waals surface area contributed by atoms with Crippen molar-refractivity contribution in [3.05, 3.63) is 28.2 Å². The molecule has 0 aromatic heterocycles. The van der Waals surface area contributed by atoms with Crippen molar-refractivity contribution in [2.45, 2.75) is 38.2 Å². The van der Waals surface area contributed by atoms with E-state index in [1.165, 1.54) is 0 Å². The Hall–Kier alpha value is -0.430. The maximum Gasteiger partial charge on any atom is 0.240 e. The largest absolute Gasteiger partial charge is 0.375 e. The average Bonchev–Trinajstić information content (AvgIpc) is 2.30. The number of hydrogen-bond donors (Lipinski definition) is 1. The lowest BCUT2D eigenvalue weighted by Gasteiger charge is -2.24. The number of hydrogen-bond acceptors (Lipinski definition) is 3. The summed E-state index contributed by atoms with van der Waals surface area (Å²) in [5, 5.41) is 0. The van der Waals surface area contributed by atoms with Gasteiger partial charge in [-0.3, -0.25) is 0 Å². The van der Waals surface area contributed by atoms with E-state index in [0.29, 0.717) is 6.61 Å². The number of halogens is 1. The summed E-state index contributed by atoms with van der Waals surface area (Å²) in [6.45, 7) is 8.23. The third-order valence-corrected chi connectivity index (χ3v) is 4.95. The Morgan fingerprint density at radius 3 is 2.53 bits per heavy atom. The van der Waals surface area contributed by atoms with Gasteiger partial charge in [0, 0.05) is 17.6 Å². The first-order valence-electron chi connectivity index (χ1n) is 6.08. The molecule has 0 atom stereocenters. The normalized spacial score (nSPS) is 12.7. The van der Waals surface area contributed by atoms with Crippen LogP contribution in [0.25, 0.3) is 0 Å². The molecule has 0 saturated heterocycles. The fraction of sp³-hybridized carbons (Fsp3) is 0.538. The molecule has 1 aromatic rings. The maximum absolute atomic E-state index is 12.2. The van der Waals surface area contributed by atoms with Crippen molar-refractivity contribution < 1.29 is 13.2 Å². The van der Waals surface area contributed by atoms with Crippen molar-refractivity contribution in [3.8, 4) is 0 Å². The fourth-order valence-corrected chi connectivity index (χ4v) is 3.11. The molecule has 1 aromatic carbocycles. The molecular weight excluding hydrogens is 330 g/mol. The zero-order valence-electron chi connectivity index (χ0n) is 11.7. The summed E-state index contributed by atoms with van der Waals surface area (Å²) in [5.41, 5.74) is 0.360. The van der Waals surface area contributed by atoms with E-state index >= 15 is 0 Å². The average molecular weight is 350 g/mol. The Labute approximate surface area is 123 Å². The molecule has 0 fully saturated rings. The van der Waals surface area contributed by atoms with Crippen molar-refractivity contribution in [1.29, 1.82) is 0 Å². The smallest absolute Gasteiger partial charge is 0.240 e. The zero-order valence-corrected chi connectivity index (χ0v) is 14.1. The number of rotatable bonds is 6. The first kappa shape index (κ1) is 16.6. The Morgan fingerprint density at radius 1 is 1.37 bits per heavy atom. The van der Waals surface area contributed by atoms with E-state index in [4.69, 9.17) is 4.74 Å². The van der Waals surface area contributed by atoms with Crippen LogP contribution in [-0.2, 0) is 14.8 Å². The van der Waals surface area contributed by atoms with Crippen LogP contribution in [0, 0.1) is 6.92 Å². The highest BCUT2D eigenvalue weighted by molar-refractivity contribution is 9.10. The predicted molar refractivity (Wildman–Crippen MR) is 79.8 cm³/mol. The third kappa shape index (κ3) is 4.87. The van der Waals surface area contributed by atoms with Crippen molar-refractivity contribution in [2.24, 2.45) is 0 Å². The Morgan fingerprint density at radius 2 is 2.00 bits per heavy atom. The number of sulfonamides is 1. The summed E-state index contributed by atoms with van der Waals surface area (Å²) in [6.07, 6.45) is 0. The van der Waals surface area contributed by atoms with Crippen LogP contribution in [0.3, 0.4) is 0 Å². The first-order chi connectivity index (χ1) is 8.68. The number of benzene rings is 1. The summed E-state index contributed by atoms with van der Waals surface area (Å²) in [5.74, 6) is 0. The third-order valence-electron chi connectivity index (χ3n) is 2.66. The lowest BCUT2D eigenvalue weighted by Crippen LogP contribution is -2.40. The standard InChI is InChI=1S/C13H20BrNO3S/c1-5-18-13(3,4)9-15-19(16,17)11-6-7-12(14)10(2)8-11/h6-8,15H,5,9H2,1-4H3. The van der Waals surface area contributed by atoms with Gasteiger partial charge in [-0.2, -0.15) is 0 Å². The minimum Gasteiger partial charge on any atom is -0.375 e. The highest BCUT2D eigenvalue weighted by Crippen LogP contribution is 2.20. The molecule has 1 rings (SSSR count). The summed E-state index contributed by atoms with van der Waals surface area (Å²) < 4.78 is 33.3. The molecule has 6 heteroatoms. The molecule has 0 unspecified atom stereocenters. The van der Waals surface area contributed by atoms with Gasteiger partial charge in [0.25, 0.3) is 0 Å². The minimum atomic E-state index is -3.50. The van der Waals surface area contributed by atoms with Gasteiger partial charge in [-0.05, 0) is 51.5 Å². The molecule has 0 saturated carbocycles. The molecule has 0 radical (unpaired) electrons. The second-order valence-corrected chi connectivity index (χ2v) is 7.55. The van der Waals surface area contributed by atoms with Crippen molar-refractivity contribution in [3.63, 3.8) is 0 Å². The molecule has 0 bridgehead atoms. The highest BCUT2D eigenvalue weighted by Gasteiger charge is 2.22. The Balaban J connectivity index is 2.84. The quantitative estimate of drug-likeness (QED) is 0.858. The molecule has 0 aliphatic carbocycles. The topological polar surface area (TPSA) is 55.4 Å². The summed E-state index contributed by atoms with van der Waals surface area (Å²) in [6, 6.07) is 4.95. The number of aryl methyl sites for hydroxylation is 1. The van der Waals surface area contributed by atoms with Gasteiger partial charge in [-0.25, -0.2) is 13.1 Å². The molecule has 4 nitrogen and oxygen atoms in total. The Kier molecular flexibility index (Phi) is 5.55. The molecule has 0 amide bonds. The molecular formula is C13H20BrNO3S. The van der Waals surface area contributed by atoms with Crippen LogP contribution in [0.1, 0.15) is 26.3 Å². The van der Waals surface area contributed by atoms with Gasteiger partial charge in [0.1, 0.15) is 0 Å². The molecule has 0 aliphatic heterocycles. The van der Waals surface area contributed by atoms with Crippen LogP contribution < -0.4 is 4.72 Å². The van der Waals surface area contributed by atoms with E-state index in [1.54, 1.807) is 18.2 Å². The lowest BCUT2D eigenvalue weighted by atomic mass is 10.1. The van der Waals surface area contributed by atoms with Crippen LogP contribution in [0.2, 0.25) is 0 Å². The van der Waals surface area contributed by atoms with E-state index in [-0.39, 0.29) is 11.4 Å². The van der Waals surface area contributed by atoms with Gasteiger partial charge in [0.15, 0.2) is 0 Å². The zero-order chi connectivity index (χ0) is 14.7. The molecule has 0 heterocycles. The minimum absolute atomic E-state index is 0.234. The second-order valence-electron chi connectivity index (χ2n) is 4.93. The van der Waals surface area contributed by atoms with Crippen molar-refractivity contribution in [2.75, 3.05) is 13.2 Å².